The Kier molecular flexibility index (Phi) is 2.90. The fraction of sp³-hybridized carbons (Fsp3) is 0.562. The molecule has 1 N–H and O–H groups in total. The van der Waals surface area contributed by atoms with Crippen LogP contribution >= 0.6 is 0 Å². The van der Waals surface area contributed by atoms with Crippen molar-refractivity contribution in [2.75, 3.05) is 0 Å². The highest BCUT2D eigenvalue weighted by Gasteiger charge is 2.23. The van der Waals surface area contributed by atoms with Gasteiger partial charge in [-0.25, -0.2) is 4.98 Å². The molecule has 0 bridgehead atoms. The first kappa shape index (κ1) is 12.7. The van der Waals surface area contributed by atoms with E-state index in [0.29, 0.717) is 5.92 Å². The van der Waals surface area contributed by atoms with Crippen LogP contribution < -0.4 is 0 Å². The zero-order valence-corrected chi connectivity index (χ0v) is 12.0. The highest BCUT2D eigenvalue weighted by Crippen LogP contribution is 2.35. The molecule has 1 heterocycles. The summed E-state index contributed by atoms with van der Waals surface area (Å²) < 4.78 is 2.21. The Morgan fingerprint density at radius 2 is 1.95 bits per heavy atom. The summed E-state index contributed by atoms with van der Waals surface area (Å²) in [6, 6.07) is 6.08. The third-order valence-electron chi connectivity index (χ3n) is 4.34. The zero-order chi connectivity index (χ0) is 13.6. The lowest BCUT2D eigenvalue weighted by atomic mass is 9.98. The van der Waals surface area contributed by atoms with Crippen LogP contribution in [0.15, 0.2) is 18.2 Å². The lowest BCUT2D eigenvalue weighted by molar-refractivity contribution is 0.0787. The van der Waals surface area contributed by atoms with Crippen molar-refractivity contribution in [1.82, 2.24) is 9.55 Å². The van der Waals surface area contributed by atoms with Gasteiger partial charge in [0.05, 0.1) is 16.6 Å². The summed E-state index contributed by atoms with van der Waals surface area (Å²) in [4.78, 5) is 4.80. The van der Waals surface area contributed by atoms with Gasteiger partial charge in [-0.3, -0.25) is 0 Å². The predicted molar refractivity (Wildman–Crippen MR) is 77.2 cm³/mol. The number of nitrogens with zero attached hydrogens (tertiary/aromatic N) is 2. The van der Waals surface area contributed by atoms with Crippen LogP contribution in [-0.2, 0) is 12.6 Å². The van der Waals surface area contributed by atoms with E-state index < -0.39 is 5.60 Å². The molecule has 1 aliphatic carbocycles. The van der Waals surface area contributed by atoms with Crippen molar-refractivity contribution >= 4 is 11.0 Å². The quantitative estimate of drug-likeness (QED) is 0.895. The zero-order valence-electron chi connectivity index (χ0n) is 12.0. The summed E-state index contributed by atoms with van der Waals surface area (Å²) in [5.74, 6) is 1.82. The smallest absolute Gasteiger partial charge is 0.112 e. The second-order valence-electron chi connectivity index (χ2n) is 6.27. The molecule has 0 unspecified atom stereocenters. The number of rotatable bonds is 2. The van der Waals surface area contributed by atoms with Crippen LogP contribution in [-0.4, -0.2) is 14.7 Å². The molecule has 0 amide bonds. The average molecular weight is 258 g/mol. The molecule has 3 nitrogen and oxygen atoms in total. The second kappa shape index (κ2) is 4.34. The highest BCUT2D eigenvalue weighted by atomic mass is 16.3. The van der Waals surface area contributed by atoms with Crippen molar-refractivity contribution in [1.29, 1.82) is 0 Å². The molecule has 0 aliphatic heterocycles. The predicted octanol–water partition coefficient (Wildman–Crippen LogP) is 3.46. The van der Waals surface area contributed by atoms with Gasteiger partial charge in [0.15, 0.2) is 0 Å². The fourth-order valence-electron chi connectivity index (χ4n) is 3.14. The van der Waals surface area contributed by atoms with E-state index >= 15 is 0 Å². The minimum atomic E-state index is -0.800. The normalized spacial score (nSPS) is 17.5. The third-order valence-corrected chi connectivity index (χ3v) is 4.34. The van der Waals surface area contributed by atoms with Gasteiger partial charge in [-0.15, -0.1) is 0 Å². The lowest BCUT2D eigenvalue weighted by Crippen LogP contribution is -2.15. The van der Waals surface area contributed by atoms with Crippen LogP contribution in [0.5, 0.6) is 0 Å². The maximum Gasteiger partial charge on any atom is 0.112 e. The average Bonchev–Trinajstić information content (AvgIpc) is 2.96. The summed E-state index contributed by atoms with van der Waals surface area (Å²) in [6.07, 6.45) is 5.16. The van der Waals surface area contributed by atoms with E-state index in [0.717, 1.165) is 16.6 Å². The standard InChI is InChI=1S/C16H22N2O/c1-16(2,19)12-8-9-13-14(10-12)18(3)15(17-13)11-6-4-5-7-11/h8-11,19H,4-7H2,1-3H3. The Labute approximate surface area is 114 Å². The van der Waals surface area contributed by atoms with Crippen molar-refractivity contribution in [2.24, 2.45) is 7.05 Å². The minimum Gasteiger partial charge on any atom is -0.386 e. The van der Waals surface area contributed by atoms with Gasteiger partial charge in [-0.2, -0.15) is 0 Å². The van der Waals surface area contributed by atoms with Crippen molar-refractivity contribution in [3.05, 3.63) is 29.6 Å². The van der Waals surface area contributed by atoms with E-state index in [9.17, 15) is 5.11 Å². The molecule has 3 rings (SSSR count). The van der Waals surface area contributed by atoms with Crippen molar-refractivity contribution in [2.45, 2.75) is 51.0 Å². The Balaban J connectivity index is 2.10. The van der Waals surface area contributed by atoms with E-state index in [2.05, 4.69) is 17.7 Å². The van der Waals surface area contributed by atoms with Crippen molar-refractivity contribution in [3.63, 3.8) is 0 Å². The summed E-state index contributed by atoms with van der Waals surface area (Å²) in [7, 11) is 2.09. The Morgan fingerprint density at radius 3 is 2.58 bits per heavy atom. The number of aryl methyl sites for hydroxylation is 1. The van der Waals surface area contributed by atoms with E-state index in [1.807, 2.05) is 26.0 Å². The van der Waals surface area contributed by atoms with E-state index in [1.54, 1.807) is 0 Å². The van der Waals surface area contributed by atoms with Gasteiger partial charge in [0.1, 0.15) is 5.82 Å². The molecular formula is C16H22N2O. The Bertz CT molecular complexity index is 601. The molecular weight excluding hydrogens is 236 g/mol. The van der Waals surface area contributed by atoms with E-state index in [1.165, 1.54) is 31.5 Å². The van der Waals surface area contributed by atoms with Crippen LogP contribution in [0.25, 0.3) is 11.0 Å². The number of benzene rings is 1. The molecule has 1 aromatic heterocycles. The molecule has 0 atom stereocenters. The first-order chi connectivity index (χ1) is 8.97. The number of hydrogen-bond donors (Lipinski definition) is 1. The largest absolute Gasteiger partial charge is 0.386 e. The number of imidazole rings is 1. The molecule has 0 radical (unpaired) electrons. The fourth-order valence-corrected chi connectivity index (χ4v) is 3.14. The number of aliphatic hydroxyl groups is 1. The van der Waals surface area contributed by atoms with E-state index in [4.69, 9.17) is 4.98 Å². The lowest BCUT2D eigenvalue weighted by Gasteiger charge is -2.17. The molecule has 1 aromatic carbocycles. The molecule has 2 aromatic rings. The summed E-state index contributed by atoms with van der Waals surface area (Å²) in [5.41, 5.74) is 2.31. The van der Waals surface area contributed by atoms with Gasteiger partial charge >= 0.3 is 0 Å². The molecule has 0 spiro atoms. The second-order valence-corrected chi connectivity index (χ2v) is 6.27. The number of hydrogen-bond acceptors (Lipinski definition) is 2. The molecule has 1 saturated carbocycles. The maximum absolute atomic E-state index is 10.1. The van der Waals surface area contributed by atoms with Crippen LogP contribution in [0.1, 0.15) is 56.8 Å². The van der Waals surface area contributed by atoms with Crippen molar-refractivity contribution < 1.29 is 5.11 Å². The molecule has 1 aliphatic rings. The third kappa shape index (κ3) is 2.16. The van der Waals surface area contributed by atoms with Gasteiger partial charge < -0.3 is 9.67 Å². The molecule has 0 saturated heterocycles. The minimum absolute atomic E-state index is 0.614. The first-order valence-corrected chi connectivity index (χ1v) is 7.16. The van der Waals surface area contributed by atoms with Gasteiger partial charge in [0.25, 0.3) is 0 Å². The van der Waals surface area contributed by atoms with Crippen LogP contribution in [0.2, 0.25) is 0 Å². The summed E-state index contributed by atoms with van der Waals surface area (Å²) >= 11 is 0. The first-order valence-electron chi connectivity index (χ1n) is 7.16. The van der Waals surface area contributed by atoms with Gasteiger partial charge in [-0.05, 0) is 44.4 Å². The summed E-state index contributed by atoms with van der Waals surface area (Å²) in [6.45, 7) is 3.64. The van der Waals surface area contributed by atoms with Gasteiger partial charge in [0, 0.05) is 13.0 Å². The van der Waals surface area contributed by atoms with Gasteiger partial charge in [-0.1, -0.05) is 18.9 Å². The Hall–Kier alpha value is -1.35. The number of aromatic nitrogens is 2. The topological polar surface area (TPSA) is 38.0 Å². The monoisotopic (exact) mass is 258 g/mol. The molecule has 19 heavy (non-hydrogen) atoms. The van der Waals surface area contributed by atoms with Crippen LogP contribution in [0.4, 0.5) is 0 Å². The van der Waals surface area contributed by atoms with E-state index in [-0.39, 0.29) is 0 Å². The van der Waals surface area contributed by atoms with Crippen LogP contribution in [0, 0.1) is 0 Å². The Morgan fingerprint density at radius 1 is 1.26 bits per heavy atom. The molecule has 102 valence electrons. The van der Waals surface area contributed by atoms with Crippen molar-refractivity contribution in [3.8, 4) is 0 Å². The SMILES string of the molecule is Cn1c(C2CCCC2)nc2ccc(C(C)(C)O)cc21. The molecule has 3 heteroatoms. The van der Waals surface area contributed by atoms with Gasteiger partial charge in [0.2, 0.25) is 0 Å². The molecule has 1 fully saturated rings. The highest BCUT2D eigenvalue weighted by molar-refractivity contribution is 5.77. The summed E-state index contributed by atoms with van der Waals surface area (Å²) in [5, 5.41) is 10.1. The van der Waals surface area contributed by atoms with Crippen LogP contribution in [0.3, 0.4) is 0 Å². The number of fused-ring (bicyclic) bond motifs is 1. The maximum atomic E-state index is 10.1.